The first kappa shape index (κ1) is 19.4. The summed E-state index contributed by atoms with van der Waals surface area (Å²) in [6.45, 7) is 5.36. The second-order valence-corrected chi connectivity index (χ2v) is 9.25. The third kappa shape index (κ3) is 3.67. The maximum atomic E-state index is 13.0. The predicted molar refractivity (Wildman–Crippen MR) is 104 cm³/mol. The number of hydrogen-bond donors (Lipinski definition) is 0. The summed E-state index contributed by atoms with van der Waals surface area (Å²) in [5.41, 5.74) is 1.89. The minimum absolute atomic E-state index is 0.133. The number of fused-ring (bicyclic) bond motifs is 1. The predicted octanol–water partition coefficient (Wildman–Crippen LogP) is 3.58. The monoisotopic (exact) mass is 378 g/mol. The Bertz CT molecular complexity index is 750. The van der Waals surface area contributed by atoms with E-state index in [0.29, 0.717) is 18.0 Å². The van der Waals surface area contributed by atoms with E-state index in [9.17, 15) is 13.2 Å². The molecule has 0 atom stereocenters. The van der Waals surface area contributed by atoms with Crippen LogP contribution in [0.4, 0.5) is 5.69 Å². The van der Waals surface area contributed by atoms with Crippen LogP contribution in [0.5, 0.6) is 0 Å². The van der Waals surface area contributed by atoms with Gasteiger partial charge in [0.2, 0.25) is 15.9 Å². The molecule has 26 heavy (non-hydrogen) atoms. The zero-order valence-corrected chi connectivity index (χ0v) is 16.7. The fourth-order valence-electron chi connectivity index (χ4n) is 4.25. The number of sulfonamides is 1. The fraction of sp³-hybridized carbons (Fsp3) is 0.650. The number of nitrogens with zero attached hydrogens (tertiary/aromatic N) is 2. The molecule has 5 nitrogen and oxygen atoms in total. The van der Waals surface area contributed by atoms with Crippen LogP contribution in [0.15, 0.2) is 23.1 Å². The molecule has 0 unspecified atom stereocenters. The molecule has 0 N–H and O–H groups in total. The number of hydrogen-bond acceptors (Lipinski definition) is 3. The molecule has 144 valence electrons. The van der Waals surface area contributed by atoms with Crippen LogP contribution in [-0.4, -0.2) is 38.3 Å². The highest BCUT2D eigenvalue weighted by Gasteiger charge is 2.31. The van der Waals surface area contributed by atoms with Crippen molar-refractivity contribution in [2.24, 2.45) is 5.92 Å². The van der Waals surface area contributed by atoms with E-state index >= 15 is 0 Å². The second kappa shape index (κ2) is 8.09. The van der Waals surface area contributed by atoms with E-state index < -0.39 is 10.0 Å². The molecule has 3 rings (SSSR count). The van der Waals surface area contributed by atoms with Crippen molar-refractivity contribution in [3.05, 3.63) is 23.8 Å². The molecule has 2 aliphatic rings. The standard InChI is InChI=1S/C20H30N2O3S/c1-3-21(4-2)26(24,25)18-12-13-19-17(15-18)11-8-14-22(19)20(23)16-9-6-5-7-10-16/h12-13,15-16H,3-11,14H2,1-2H3. The average molecular weight is 379 g/mol. The van der Waals surface area contributed by atoms with Crippen molar-refractivity contribution in [1.29, 1.82) is 0 Å². The summed E-state index contributed by atoms with van der Waals surface area (Å²) in [6.07, 6.45) is 7.19. The van der Waals surface area contributed by atoms with Gasteiger partial charge in [-0.3, -0.25) is 4.79 Å². The van der Waals surface area contributed by atoms with Crippen LogP contribution in [0.2, 0.25) is 0 Å². The van der Waals surface area contributed by atoms with Crippen molar-refractivity contribution in [3.8, 4) is 0 Å². The Morgan fingerprint density at radius 1 is 1.12 bits per heavy atom. The molecule has 1 saturated carbocycles. The van der Waals surface area contributed by atoms with Gasteiger partial charge in [0, 0.05) is 31.2 Å². The summed E-state index contributed by atoms with van der Waals surface area (Å²) in [6, 6.07) is 5.29. The third-order valence-corrected chi connectivity index (χ3v) is 7.78. The Balaban J connectivity index is 1.89. The first-order chi connectivity index (χ1) is 12.5. The van der Waals surface area contributed by atoms with Crippen molar-refractivity contribution in [2.75, 3.05) is 24.5 Å². The lowest BCUT2D eigenvalue weighted by atomic mass is 9.87. The number of aryl methyl sites for hydroxylation is 1. The van der Waals surface area contributed by atoms with Crippen molar-refractivity contribution < 1.29 is 13.2 Å². The van der Waals surface area contributed by atoms with E-state index in [4.69, 9.17) is 0 Å². The van der Waals surface area contributed by atoms with Gasteiger partial charge in [-0.05, 0) is 49.4 Å². The van der Waals surface area contributed by atoms with Gasteiger partial charge >= 0.3 is 0 Å². The summed E-state index contributed by atoms with van der Waals surface area (Å²) in [5.74, 6) is 0.360. The molecule has 0 spiro atoms. The smallest absolute Gasteiger partial charge is 0.243 e. The van der Waals surface area contributed by atoms with Gasteiger partial charge in [-0.15, -0.1) is 0 Å². The zero-order valence-electron chi connectivity index (χ0n) is 15.9. The van der Waals surface area contributed by atoms with Crippen LogP contribution in [0.3, 0.4) is 0 Å². The van der Waals surface area contributed by atoms with E-state index in [1.807, 2.05) is 24.8 Å². The number of amides is 1. The van der Waals surface area contributed by atoms with Gasteiger partial charge in [0.1, 0.15) is 0 Å². The molecule has 1 amide bonds. The van der Waals surface area contributed by atoms with Crippen LogP contribution in [0, 0.1) is 5.92 Å². The highest BCUT2D eigenvalue weighted by Crippen LogP contribution is 2.34. The van der Waals surface area contributed by atoms with Gasteiger partial charge < -0.3 is 4.90 Å². The lowest BCUT2D eigenvalue weighted by Crippen LogP contribution is -2.40. The number of rotatable bonds is 5. The largest absolute Gasteiger partial charge is 0.312 e. The zero-order chi connectivity index (χ0) is 18.7. The quantitative estimate of drug-likeness (QED) is 0.787. The van der Waals surface area contributed by atoms with Gasteiger partial charge in [0.25, 0.3) is 0 Å². The molecular formula is C20H30N2O3S. The summed E-state index contributed by atoms with van der Waals surface area (Å²) in [7, 11) is -3.46. The first-order valence-electron chi connectivity index (χ1n) is 9.93. The maximum absolute atomic E-state index is 13.0. The Hall–Kier alpha value is -1.40. The maximum Gasteiger partial charge on any atom is 0.243 e. The van der Waals surface area contributed by atoms with E-state index in [1.54, 1.807) is 12.1 Å². The summed E-state index contributed by atoms with van der Waals surface area (Å²) < 4.78 is 27.1. The van der Waals surface area contributed by atoms with Crippen LogP contribution in [0.25, 0.3) is 0 Å². The lowest BCUT2D eigenvalue weighted by Gasteiger charge is -2.34. The molecular weight excluding hydrogens is 348 g/mol. The van der Waals surface area contributed by atoms with Crippen molar-refractivity contribution in [2.45, 2.75) is 63.7 Å². The van der Waals surface area contributed by atoms with Crippen molar-refractivity contribution in [1.82, 2.24) is 4.31 Å². The molecule has 1 aliphatic carbocycles. The van der Waals surface area contributed by atoms with Crippen molar-refractivity contribution in [3.63, 3.8) is 0 Å². The van der Waals surface area contributed by atoms with E-state index in [-0.39, 0.29) is 11.8 Å². The van der Waals surface area contributed by atoms with Crippen LogP contribution >= 0.6 is 0 Å². The lowest BCUT2D eigenvalue weighted by molar-refractivity contribution is -0.123. The van der Waals surface area contributed by atoms with E-state index in [2.05, 4.69) is 0 Å². The van der Waals surface area contributed by atoms with Crippen molar-refractivity contribution >= 4 is 21.6 Å². The number of carbonyl (C=O) groups is 1. The van der Waals surface area contributed by atoms with E-state index in [1.165, 1.54) is 10.7 Å². The normalized spacial score (nSPS) is 18.8. The highest BCUT2D eigenvalue weighted by molar-refractivity contribution is 7.89. The first-order valence-corrected chi connectivity index (χ1v) is 11.4. The number of anilines is 1. The summed E-state index contributed by atoms with van der Waals surface area (Å²) >= 11 is 0. The Labute approximate surface area is 157 Å². The molecule has 1 aromatic carbocycles. The van der Waals surface area contributed by atoms with Crippen LogP contribution < -0.4 is 4.90 Å². The molecule has 6 heteroatoms. The molecule has 0 radical (unpaired) electrons. The van der Waals surface area contributed by atoms with E-state index in [0.717, 1.165) is 56.3 Å². The number of carbonyl (C=O) groups excluding carboxylic acids is 1. The van der Waals surface area contributed by atoms with Gasteiger partial charge in [0.15, 0.2) is 0 Å². The molecule has 1 aromatic rings. The van der Waals surface area contributed by atoms with Crippen LogP contribution in [0.1, 0.15) is 57.9 Å². The van der Waals surface area contributed by atoms with Crippen LogP contribution in [-0.2, 0) is 21.2 Å². The molecule has 1 fully saturated rings. The topological polar surface area (TPSA) is 57.7 Å². The molecule has 0 aromatic heterocycles. The minimum Gasteiger partial charge on any atom is -0.312 e. The van der Waals surface area contributed by atoms with Gasteiger partial charge in [-0.25, -0.2) is 8.42 Å². The molecule has 0 bridgehead atoms. The second-order valence-electron chi connectivity index (χ2n) is 7.31. The third-order valence-electron chi connectivity index (χ3n) is 5.73. The number of benzene rings is 1. The Morgan fingerprint density at radius 2 is 1.81 bits per heavy atom. The Morgan fingerprint density at radius 3 is 2.46 bits per heavy atom. The molecule has 1 heterocycles. The highest BCUT2D eigenvalue weighted by atomic mass is 32.2. The SMILES string of the molecule is CCN(CC)S(=O)(=O)c1ccc2c(c1)CCCN2C(=O)C1CCCCC1. The fourth-order valence-corrected chi connectivity index (χ4v) is 5.75. The Kier molecular flexibility index (Phi) is 6.03. The summed E-state index contributed by atoms with van der Waals surface area (Å²) in [4.78, 5) is 15.2. The van der Waals surface area contributed by atoms with Gasteiger partial charge in [-0.1, -0.05) is 33.1 Å². The van der Waals surface area contributed by atoms with Gasteiger partial charge in [-0.2, -0.15) is 4.31 Å². The summed E-state index contributed by atoms with van der Waals surface area (Å²) in [5, 5.41) is 0. The van der Waals surface area contributed by atoms with Gasteiger partial charge in [0.05, 0.1) is 4.90 Å². The molecule has 1 aliphatic heterocycles. The minimum atomic E-state index is -3.46. The average Bonchev–Trinajstić information content (AvgIpc) is 2.68. The molecule has 0 saturated heterocycles.